The van der Waals surface area contributed by atoms with Gasteiger partial charge in [0.1, 0.15) is 13.2 Å². The number of carbonyl (C=O) groups is 3. The van der Waals surface area contributed by atoms with E-state index in [1.54, 1.807) is 0 Å². The van der Waals surface area contributed by atoms with Gasteiger partial charge in [-0.3, -0.25) is 9.59 Å². The third-order valence-electron chi connectivity index (χ3n) is 12.6. The molecule has 0 aromatic heterocycles. The number of esters is 2. The number of carbonyl (C=O) groups excluding carboxylic acids is 2. The molecule has 424 valence electrons. The average Bonchev–Trinajstić information content (AvgIpc) is 3.37. The Hall–Kier alpha value is -3.79. The third kappa shape index (κ3) is 55.9. The number of carboxylic acid groups (broad SMARTS) is 1. The highest BCUT2D eigenvalue weighted by molar-refractivity contribution is 5.71. The van der Waals surface area contributed by atoms with Gasteiger partial charge in [-0.25, -0.2) is 4.79 Å². The van der Waals surface area contributed by atoms with E-state index in [2.05, 4.69) is 111 Å². The number of hydrogen-bond donors (Lipinski definition) is 1. The molecule has 0 spiro atoms. The Kier molecular flexibility index (Phi) is 52.6. The molecule has 74 heavy (non-hydrogen) atoms. The first kappa shape index (κ1) is 70.2. The minimum Gasteiger partial charge on any atom is -0.477 e. The highest BCUT2D eigenvalue weighted by Gasteiger charge is 2.25. The summed E-state index contributed by atoms with van der Waals surface area (Å²) in [6.45, 7) is 4.72. The molecule has 0 rings (SSSR count). The monoisotopic (exact) mass is 1030 g/mol. The number of carboxylic acids is 1. The first-order valence-electron chi connectivity index (χ1n) is 29.9. The smallest absolute Gasteiger partial charge is 0.361 e. The van der Waals surface area contributed by atoms with Crippen LogP contribution < -0.4 is 0 Å². The van der Waals surface area contributed by atoms with E-state index in [9.17, 15) is 19.5 Å². The molecule has 9 heteroatoms. The van der Waals surface area contributed by atoms with Gasteiger partial charge in [0, 0.05) is 12.8 Å². The van der Waals surface area contributed by atoms with Crippen molar-refractivity contribution in [1.82, 2.24) is 0 Å². The van der Waals surface area contributed by atoms with Crippen LogP contribution in [0.1, 0.15) is 239 Å². The van der Waals surface area contributed by atoms with Gasteiger partial charge in [-0.05, 0) is 96.3 Å². The van der Waals surface area contributed by atoms with Crippen molar-refractivity contribution >= 4 is 17.9 Å². The maximum Gasteiger partial charge on any atom is 0.361 e. The van der Waals surface area contributed by atoms with Crippen molar-refractivity contribution in [2.45, 2.75) is 251 Å². The van der Waals surface area contributed by atoms with Crippen molar-refractivity contribution in [2.75, 3.05) is 47.5 Å². The van der Waals surface area contributed by atoms with Crippen LogP contribution >= 0.6 is 0 Å². The molecule has 0 amide bonds. The summed E-state index contributed by atoms with van der Waals surface area (Å²) >= 11 is 0. The van der Waals surface area contributed by atoms with Crippen molar-refractivity contribution in [3.63, 3.8) is 0 Å². The Morgan fingerprint density at radius 1 is 0.419 bits per heavy atom. The summed E-state index contributed by atoms with van der Waals surface area (Å²) in [6.07, 6.45) is 72.2. The van der Waals surface area contributed by atoms with E-state index in [0.717, 1.165) is 103 Å². The van der Waals surface area contributed by atoms with Gasteiger partial charge in [-0.2, -0.15) is 0 Å². The lowest BCUT2D eigenvalue weighted by Gasteiger charge is -2.25. The lowest BCUT2D eigenvalue weighted by atomic mass is 10.0. The van der Waals surface area contributed by atoms with Crippen LogP contribution in [0.5, 0.6) is 0 Å². The van der Waals surface area contributed by atoms with Crippen LogP contribution in [-0.2, 0) is 33.3 Å². The molecule has 0 aliphatic carbocycles. The fraction of sp³-hybridized carbons (Fsp3) is 0.708. The minimum atomic E-state index is -1.51. The third-order valence-corrected chi connectivity index (χ3v) is 12.6. The molecule has 1 N–H and O–H groups in total. The van der Waals surface area contributed by atoms with Gasteiger partial charge in [0.05, 0.1) is 34.4 Å². The largest absolute Gasteiger partial charge is 0.477 e. The predicted octanol–water partition coefficient (Wildman–Crippen LogP) is 17.7. The zero-order chi connectivity index (χ0) is 54.1. The summed E-state index contributed by atoms with van der Waals surface area (Å²) in [5.41, 5.74) is 0. The van der Waals surface area contributed by atoms with E-state index in [1.807, 2.05) is 21.1 Å². The van der Waals surface area contributed by atoms with E-state index in [0.29, 0.717) is 11.0 Å². The van der Waals surface area contributed by atoms with Crippen molar-refractivity contribution in [1.29, 1.82) is 0 Å². The lowest BCUT2D eigenvalue weighted by Crippen LogP contribution is -2.40. The first-order valence-corrected chi connectivity index (χ1v) is 29.9. The van der Waals surface area contributed by atoms with Crippen LogP contribution in [-0.4, -0.2) is 87.4 Å². The molecule has 0 saturated carbocycles. The zero-order valence-electron chi connectivity index (χ0n) is 48.2. The van der Waals surface area contributed by atoms with Gasteiger partial charge in [0.2, 0.25) is 0 Å². The summed E-state index contributed by atoms with van der Waals surface area (Å²) < 4.78 is 22.8. The molecule has 0 saturated heterocycles. The Bertz CT molecular complexity index is 1530. The van der Waals surface area contributed by atoms with Gasteiger partial charge in [-0.15, -0.1) is 0 Å². The fourth-order valence-electron chi connectivity index (χ4n) is 7.99. The first-order chi connectivity index (χ1) is 36.1. The molecule has 2 unspecified atom stereocenters. The number of rotatable bonds is 54. The van der Waals surface area contributed by atoms with Crippen LogP contribution in [0.2, 0.25) is 0 Å². The number of nitrogens with zero attached hydrogens (tertiary/aromatic N) is 1. The van der Waals surface area contributed by atoms with Crippen LogP contribution in [0.4, 0.5) is 0 Å². The fourth-order valence-corrected chi connectivity index (χ4v) is 7.99. The Morgan fingerprint density at radius 2 is 0.770 bits per heavy atom. The van der Waals surface area contributed by atoms with E-state index >= 15 is 0 Å². The van der Waals surface area contributed by atoms with E-state index in [1.165, 1.54) is 109 Å². The summed E-state index contributed by atoms with van der Waals surface area (Å²) in [7, 11) is 5.96. The van der Waals surface area contributed by atoms with E-state index in [4.69, 9.17) is 18.9 Å². The molecule has 0 aliphatic rings. The van der Waals surface area contributed by atoms with Crippen LogP contribution in [0.15, 0.2) is 97.2 Å². The lowest BCUT2D eigenvalue weighted by molar-refractivity contribution is -0.870. The minimum absolute atomic E-state index is 0.184. The van der Waals surface area contributed by atoms with Gasteiger partial charge in [0.15, 0.2) is 6.10 Å². The van der Waals surface area contributed by atoms with Crippen molar-refractivity contribution in [3.05, 3.63) is 97.2 Å². The maximum absolute atomic E-state index is 12.9. The van der Waals surface area contributed by atoms with Gasteiger partial charge in [-0.1, -0.05) is 227 Å². The predicted molar refractivity (Wildman–Crippen MR) is 313 cm³/mol. The normalized spacial score (nSPS) is 13.5. The second kappa shape index (κ2) is 55.4. The van der Waals surface area contributed by atoms with E-state index < -0.39 is 24.3 Å². The van der Waals surface area contributed by atoms with Gasteiger partial charge in [0.25, 0.3) is 6.29 Å². The molecule has 0 fully saturated rings. The number of allylic oxidation sites excluding steroid dienone is 16. The second-order valence-corrected chi connectivity index (χ2v) is 20.9. The molecule has 9 nitrogen and oxygen atoms in total. The van der Waals surface area contributed by atoms with Crippen LogP contribution in [0.25, 0.3) is 0 Å². The summed E-state index contributed by atoms with van der Waals surface area (Å²) in [5.74, 6) is -2.02. The van der Waals surface area contributed by atoms with Gasteiger partial charge < -0.3 is 28.5 Å². The molecule has 0 aliphatic heterocycles. The van der Waals surface area contributed by atoms with Crippen LogP contribution in [0, 0.1) is 0 Å². The topological polar surface area (TPSA) is 108 Å². The molecular weight excluding hydrogens is 923 g/mol. The molecular formula is C65H112NO8+. The van der Waals surface area contributed by atoms with Crippen molar-refractivity contribution in [2.24, 2.45) is 0 Å². The number of aliphatic carboxylic acids is 1. The quantitative estimate of drug-likeness (QED) is 0.0211. The highest BCUT2D eigenvalue weighted by Crippen LogP contribution is 2.16. The van der Waals surface area contributed by atoms with Crippen molar-refractivity contribution in [3.8, 4) is 0 Å². The number of hydrogen-bond acceptors (Lipinski definition) is 7. The number of unbranched alkanes of at least 4 members (excludes halogenated alkanes) is 23. The summed E-state index contributed by atoms with van der Waals surface area (Å²) in [6, 6.07) is 0. The summed E-state index contributed by atoms with van der Waals surface area (Å²) in [5, 5.41) is 9.68. The molecule has 0 bridgehead atoms. The number of likely N-dealkylation sites (N-methyl/N-ethyl adjacent to an activating group) is 1. The highest BCUT2D eigenvalue weighted by atomic mass is 16.7. The molecule has 0 heterocycles. The van der Waals surface area contributed by atoms with Crippen LogP contribution in [0.3, 0.4) is 0 Å². The number of ether oxygens (including phenoxy) is 4. The van der Waals surface area contributed by atoms with Gasteiger partial charge >= 0.3 is 17.9 Å². The average molecular weight is 1040 g/mol. The Labute approximate surface area is 454 Å². The molecule has 2 atom stereocenters. The second-order valence-electron chi connectivity index (χ2n) is 20.9. The summed E-state index contributed by atoms with van der Waals surface area (Å²) in [4.78, 5) is 37.3. The standard InChI is InChI=1S/C65H111NO8/c1-6-8-10-12-14-16-18-20-21-22-23-24-25-26-27-28-29-30-31-32-33-34-35-36-37-38-39-40-41-42-43-44-46-48-50-52-54-56-63(68)74-61(60-73-65(64(69)70)71-58-57-66(3,4)5)59-72-62(67)55-53-51-49-47-45-19-17-15-13-11-9-7-2/h8,10,14-17,20-21,23-24,26-27,29-30,32-33,61,65H,6-7,9,11-13,18-19,22,25,28,31,34-60H2,1-5H3/p+1/b10-8-,16-14-,17-15-,21-20-,24-23-,27-26-,30-29-,33-32-. The van der Waals surface area contributed by atoms with E-state index in [-0.39, 0.29) is 38.6 Å². The van der Waals surface area contributed by atoms with Crippen molar-refractivity contribution < 1.29 is 42.9 Å². The zero-order valence-corrected chi connectivity index (χ0v) is 48.2. The Morgan fingerprint density at radius 3 is 1.16 bits per heavy atom. The number of quaternary nitrogens is 1. The maximum atomic E-state index is 12.9. The molecule has 0 radical (unpaired) electrons. The Balaban J connectivity index is 4.07. The molecule has 0 aromatic carbocycles. The molecule has 0 aromatic rings. The SMILES string of the molecule is CC/C=C\C/C=C\C/C=C\C/C=C\C/C=C\C/C=C\C/C=C\CCCCCCCCCCCCCCCCCC(=O)OC(COC(=O)CCCCCCC/C=C\CCCCC)COC(OCC[N+](C)(C)C)C(=O)O.